The molecule has 0 saturated carbocycles. The van der Waals surface area contributed by atoms with Gasteiger partial charge in [-0.15, -0.1) is 0 Å². The summed E-state index contributed by atoms with van der Waals surface area (Å²) in [5.74, 6) is -1.01. The molecule has 162 valence electrons. The van der Waals surface area contributed by atoms with Crippen LogP contribution in [-0.2, 0) is 6.42 Å². The Kier molecular flexibility index (Phi) is 6.30. The van der Waals surface area contributed by atoms with Crippen LogP contribution in [0, 0.1) is 23.0 Å². The maximum Gasteiger partial charge on any atom is 0.266 e. The number of nitriles is 1. The summed E-state index contributed by atoms with van der Waals surface area (Å²) in [6.07, 6.45) is 0.582. The summed E-state index contributed by atoms with van der Waals surface area (Å²) in [7, 11) is 0. The van der Waals surface area contributed by atoms with Crippen LogP contribution in [0.3, 0.4) is 0 Å². The third-order valence-corrected chi connectivity index (χ3v) is 4.59. The lowest BCUT2D eigenvalue weighted by Gasteiger charge is -2.13. The summed E-state index contributed by atoms with van der Waals surface area (Å²) >= 11 is 0. The molecule has 0 radical (unpaired) electrons. The second-order valence-corrected chi connectivity index (χ2v) is 6.65. The van der Waals surface area contributed by atoms with Gasteiger partial charge < -0.3 is 17.2 Å². The molecule has 0 saturated heterocycles. The molecule has 0 fully saturated rings. The normalized spacial score (nSPS) is 10.3. The number of anilines is 3. The first-order valence-electron chi connectivity index (χ1n) is 9.44. The van der Waals surface area contributed by atoms with Crippen molar-refractivity contribution in [2.75, 3.05) is 17.2 Å². The minimum Gasteiger partial charge on any atom is -0.382 e. The first-order chi connectivity index (χ1) is 15.3. The van der Waals surface area contributed by atoms with E-state index in [1.165, 1.54) is 28.8 Å². The number of nitrogen functional groups attached to an aromatic ring is 3. The third-order valence-electron chi connectivity index (χ3n) is 4.59. The number of nitrogens with two attached hydrogens (primary N) is 3. The highest BCUT2D eigenvalue weighted by Crippen LogP contribution is 2.19. The molecule has 4 aromatic rings. The van der Waals surface area contributed by atoms with Gasteiger partial charge in [-0.3, -0.25) is 9.36 Å². The van der Waals surface area contributed by atoms with E-state index in [0.717, 1.165) is 0 Å². The summed E-state index contributed by atoms with van der Waals surface area (Å²) in [5.41, 5.74) is 16.5. The predicted molar refractivity (Wildman–Crippen MR) is 119 cm³/mol. The minimum absolute atomic E-state index is 0.0116. The van der Waals surface area contributed by atoms with E-state index in [2.05, 4.69) is 9.97 Å². The average Bonchev–Trinajstić information content (AvgIpc) is 2.73. The fraction of sp³-hybridized carbons (Fsp3) is 0.0909. The van der Waals surface area contributed by atoms with Gasteiger partial charge in [0.1, 0.15) is 34.9 Å². The Hall–Kier alpha value is -4.52. The molecule has 10 heteroatoms. The monoisotopic (exact) mass is 435 g/mol. The molecule has 6 N–H and O–H groups in total. The number of benzene rings is 2. The summed E-state index contributed by atoms with van der Waals surface area (Å²) in [6, 6.07) is 13.8. The van der Waals surface area contributed by atoms with Crippen molar-refractivity contribution in [1.82, 2.24) is 14.5 Å². The highest BCUT2D eigenvalue weighted by molar-refractivity contribution is 5.83. The zero-order chi connectivity index (χ0) is 23.4. The number of halogens is 2. The van der Waals surface area contributed by atoms with E-state index in [4.69, 9.17) is 22.5 Å². The van der Waals surface area contributed by atoms with Gasteiger partial charge in [0.25, 0.3) is 5.56 Å². The van der Waals surface area contributed by atoms with Crippen molar-refractivity contribution in [3.05, 3.63) is 81.8 Å². The van der Waals surface area contributed by atoms with Gasteiger partial charge in [0.15, 0.2) is 0 Å². The van der Waals surface area contributed by atoms with Crippen molar-refractivity contribution < 1.29 is 8.78 Å². The van der Waals surface area contributed by atoms with Gasteiger partial charge in [-0.25, -0.2) is 8.78 Å². The first kappa shape index (κ1) is 22.2. The Bertz CT molecular complexity index is 1390. The van der Waals surface area contributed by atoms with Crippen molar-refractivity contribution in [3.63, 3.8) is 0 Å². The van der Waals surface area contributed by atoms with Crippen LogP contribution in [0.25, 0.3) is 16.5 Å². The van der Waals surface area contributed by atoms with E-state index in [9.17, 15) is 13.6 Å². The topological polar surface area (TPSA) is 150 Å². The molecule has 32 heavy (non-hydrogen) atoms. The molecular formula is C22H19F2N7O. The third kappa shape index (κ3) is 4.32. The molecule has 0 spiro atoms. The van der Waals surface area contributed by atoms with Crippen molar-refractivity contribution in [2.45, 2.75) is 13.3 Å². The molecule has 8 nitrogen and oxygen atoms in total. The van der Waals surface area contributed by atoms with Crippen LogP contribution in [0.5, 0.6) is 0 Å². The number of rotatable bonds is 2. The molecule has 0 amide bonds. The molecule has 0 aliphatic carbocycles. The zero-order valence-corrected chi connectivity index (χ0v) is 17.0. The van der Waals surface area contributed by atoms with Gasteiger partial charge in [-0.1, -0.05) is 25.1 Å². The SMILES string of the molecule is CCc1cc2cccc(F)c2c(=O)n1-c1cccc(F)c1.N#Cc1c(N)nc(N)nc1N. The largest absolute Gasteiger partial charge is 0.382 e. The van der Waals surface area contributed by atoms with Gasteiger partial charge in [0.05, 0.1) is 11.1 Å². The summed E-state index contributed by atoms with van der Waals surface area (Å²) in [6.45, 7) is 1.90. The molecule has 0 aliphatic rings. The molecule has 4 rings (SSSR count). The van der Waals surface area contributed by atoms with Crippen LogP contribution < -0.4 is 22.8 Å². The van der Waals surface area contributed by atoms with Crippen LogP contribution in [0.2, 0.25) is 0 Å². The van der Waals surface area contributed by atoms with Crippen LogP contribution in [0.15, 0.2) is 53.3 Å². The summed E-state index contributed by atoms with van der Waals surface area (Å²) in [4.78, 5) is 19.7. The fourth-order valence-electron chi connectivity index (χ4n) is 3.16. The lowest BCUT2D eigenvalue weighted by atomic mass is 10.1. The Morgan fingerprint density at radius 1 is 1.03 bits per heavy atom. The van der Waals surface area contributed by atoms with E-state index in [0.29, 0.717) is 23.2 Å². The first-order valence-corrected chi connectivity index (χ1v) is 9.44. The molecule has 0 unspecified atom stereocenters. The molecule has 2 aromatic heterocycles. The van der Waals surface area contributed by atoms with Crippen LogP contribution >= 0.6 is 0 Å². The number of hydrogen-bond acceptors (Lipinski definition) is 7. The average molecular weight is 435 g/mol. The lowest BCUT2D eigenvalue weighted by Crippen LogP contribution is -2.22. The molecular weight excluding hydrogens is 416 g/mol. The summed E-state index contributed by atoms with van der Waals surface area (Å²) < 4.78 is 28.8. The minimum atomic E-state index is -0.565. The van der Waals surface area contributed by atoms with Gasteiger partial charge in [0, 0.05) is 5.69 Å². The van der Waals surface area contributed by atoms with E-state index in [1.54, 1.807) is 30.3 Å². The fourth-order valence-corrected chi connectivity index (χ4v) is 3.16. The second kappa shape index (κ2) is 9.09. The standard InChI is InChI=1S/C17H13F2NO.C5H6N6/c1-2-13-9-11-5-3-8-15(19)16(11)17(21)20(13)14-7-4-6-12(18)10-14;6-1-2-3(7)10-5(9)11-4(2)8/h3-10H,2H2,1H3;(H6,7,8,9,10,11). The number of fused-ring (bicyclic) bond motifs is 1. The smallest absolute Gasteiger partial charge is 0.266 e. The highest BCUT2D eigenvalue weighted by Gasteiger charge is 2.13. The molecule has 0 aliphatic heterocycles. The van der Waals surface area contributed by atoms with E-state index < -0.39 is 17.2 Å². The quantitative estimate of drug-likeness (QED) is 0.438. The maximum atomic E-state index is 14.0. The number of nitrogens with zero attached hydrogens (tertiary/aromatic N) is 4. The number of pyridine rings is 1. The number of hydrogen-bond donors (Lipinski definition) is 3. The van der Waals surface area contributed by atoms with Gasteiger partial charge in [0.2, 0.25) is 5.95 Å². The Morgan fingerprint density at radius 3 is 2.28 bits per heavy atom. The van der Waals surface area contributed by atoms with Crippen molar-refractivity contribution in [2.24, 2.45) is 0 Å². The predicted octanol–water partition coefficient (Wildman–Crippen LogP) is 2.93. The highest BCUT2D eigenvalue weighted by atomic mass is 19.1. The lowest BCUT2D eigenvalue weighted by molar-refractivity contribution is 0.625. The van der Waals surface area contributed by atoms with Crippen LogP contribution in [-0.4, -0.2) is 14.5 Å². The molecule has 0 atom stereocenters. The molecule has 2 heterocycles. The molecule has 2 aromatic carbocycles. The maximum absolute atomic E-state index is 14.0. The Morgan fingerprint density at radius 2 is 1.69 bits per heavy atom. The zero-order valence-electron chi connectivity index (χ0n) is 17.0. The van der Waals surface area contributed by atoms with Crippen molar-refractivity contribution >= 4 is 28.4 Å². The van der Waals surface area contributed by atoms with Crippen molar-refractivity contribution in [1.29, 1.82) is 5.26 Å². The Balaban J connectivity index is 0.000000222. The van der Waals surface area contributed by atoms with E-state index in [-0.39, 0.29) is 28.5 Å². The van der Waals surface area contributed by atoms with Gasteiger partial charge >= 0.3 is 0 Å². The van der Waals surface area contributed by atoms with Crippen LogP contribution in [0.1, 0.15) is 18.2 Å². The van der Waals surface area contributed by atoms with Gasteiger partial charge in [-0.2, -0.15) is 15.2 Å². The van der Waals surface area contributed by atoms with Crippen LogP contribution in [0.4, 0.5) is 26.4 Å². The number of aromatic nitrogens is 3. The summed E-state index contributed by atoms with van der Waals surface area (Å²) in [5, 5.41) is 9.05. The van der Waals surface area contributed by atoms with E-state index in [1.807, 2.05) is 6.92 Å². The second-order valence-electron chi connectivity index (χ2n) is 6.65. The van der Waals surface area contributed by atoms with E-state index >= 15 is 0 Å². The van der Waals surface area contributed by atoms with Crippen molar-refractivity contribution in [3.8, 4) is 11.8 Å². The number of aryl methyl sites for hydroxylation is 1. The van der Waals surface area contributed by atoms with Gasteiger partial charge in [-0.05, 0) is 42.1 Å². The Labute approximate surface area is 181 Å². The molecule has 0 bridgehead atoms.